The van der Waals surface area contributed by atoms with E-state index >= 15 is 0 Å². The number of unbranched alkanes of at least 4 members (excludes halogenated alkanes) is 11. The zero-order chi connectivity index (χ0) is 20.7. The van der Waals surface area contributed by atoms with E-state index in [2.05, 4.69) is 37.8 Å². The number of hydrogen-bond acceptors (Lipinski definition) is 3. The molecule has 0 bridgehead atoms. The van der Waals surface area contributed by atoms with Gasteiger partial charge in [-0.3, -0.25) is 4.99 Å². The number of β-amino-alcohol motifs (C(OH)–C–C–N with tert-alkyl or cyclic N) is 1. The molecule has 0 aliphatic carbocycles. The van der Waals surface area contributed by atoms with Crippen molar-refractivity contribution in [1.82, 2.24) is 4.90 Å². The highest BCUT2D eigenvalue weighted by atomic mass is 16.3. The molecule has 164 valence electrons. The lowest BCUT2D eigenvalue weighted by molar-refractivity contribution is 0.157. The van der Waals surface area contributed by atoms with Crippen LogP contribution in [0.15, 0.2) is 17.1 Å². The number of allylic oxidation sites excluding steroid dienone is 2. The Morgan fingerprint density at radius 2 is 1.46 bits per heavy atom. The molecule has 0 spiro atoms. The van der Waals surface area contributed by atoms with Gasteiger partial charge in [0.05, 0.1) is 17.5 Å². The SMILES string of the molecule is CCCCCCCC/C=C/CCCCCCCC1=NC(C)(C)CN1CC(C)O. The molecule has 0 aromatic heterocycles. The summed E-state index contributed by atoms with van der Waals surface area (Å²) in [5.74, 6) is 1.21. The maximum Gasteiger partial charge on any atom is 0.0998 e. The summed E-state index contributed by atoms with van der Waals surface area (Å²) in [6, 6.07) is 0. The molecule has 1 aliphatic heterocycles. The first-order valence-electron chi connectivity index (χ1n) is 12.1. The van der Waals surface area contributed by atoms with Crippen LogP contribution in [-0.4, -0.2) is 40.6 Å². The first-order chi connectivity index (χ1) is 13.4. The average Bonchev–Trinajstić information content (AvgIpc) is 2.91. The molecule has 0 radical (unpaired) electrons. The minimum atomic E-state index is -0.284. The fraction of sp³-hybridized carbons (Fsp3) is 0.880. The van der Waals surface area contributed by atoms with Gasteiger partial charge in [0.15, 0.2) is 0 Å². The maximum atomic E-state index is 9.70. The standard InChI is InChI=1S/C25H48N2O/c1-5-6-7-8-9-10-11-12-13-14-15-16-17-18-19-20-24-26-25(3,4)22-27(24)21-23(2)28/h12-13,23,28H,5-11,14-22H2,1-4H3/b13-12+. The van der Waals surface area contributed by atoms with Crippen molar-refractivity contribution >= 4 is 5.84 Å². The van der Waals surface area contributed by atoms with Gasteiger partial charge in [0, 0.05) is 19.5 Å². The summed E-state index contributed by atoms with van der Waals surface area (Å²) in [4.78, 5) is 7.17. The molecule has 1 N–H and O–H groups in total. The van der Waals surface area contributed by atoms with Gasteiger partial charge in [-0.25, -0.2) is 0 Å². The van der Waals surface area contributed by atoms with Gasteiger partial charge >= 0.3 is 0 Å². The number of nitrogens with zero attached hydrogens (tertiary/aromatic N) is 2. The molecule has 1 atom stereocenters. The molecule has 1 unspecified atom stereocenters. The van der Waals surface area contributed by atoms with Gasteiger partial charge in [0.2, 0.25) is 0 Å². The molecule has 1 aliphatic rings. The van der Waals surface area contributed by atoms with Crippen molar-refractivity contribution in [3.8, 4) is 0 Å². The van der Waals surface area contributed by atoms with Crippen LogP contribution in [0, 0.1) is 0 Å². The Labute approximate surface area is 175 Å². The highest BCUT2D eigenvalue weighted by Gasteiger charge is 2.30. The van der Waals surface area contributed by atoms with Crippen molar-refractivity contribution in [2.75, 3.05) is 13.1 Å². The van der Waals surface area contributed by atoms with Gasteiger partial charge in [-0.2, -0.15) is 0 Å². The summed E-state index contributed by atoms with van der Waals surface area (Å²) in [6.45, 7) is 10.2. The second kappa shape index (κ2) is 15.1. The van der Waals surface area contributed by atoms with Crippen LogP contribution < -0.4 is 0 Å². The van der Waals surface area contributed by atoms with Gasteiger partial charge in [0.25, 0.3) is 0 Å². The van der Waals surface area contributed by atoms with Crippen LogP contribution in [0.4, 0.5) is 0 Å². The van der Waals surface area contributed by atoms with E-state index in [9.17, 15) is 5.11 Å². The molecule has 28 heavy (non-hydrogen) atoms. The minimum absolute atomic E-state index is 0.00602. The Balaban J connectivity index is 1.98. The predicted molar refractivity (Wildman–Crippen MR) is 124 cm³/mol. The summed E-state index contributed by atoms with van der Waals surface area (Å²) < 4.78 is 0. The summed E-state index contributed by atoms with van der Waals surface area (Å²) in [5.41, 5.74) is 0.00602. The number of aliphatic hydroxyl groups is 1. The van der Waals surface area contributed by atoms with E-state index in [1.165, 1.54) is 89.3 Å². The fourth-order valence-electron chi connectivity index (χ4n) is 4.07. The lowest BCUT2D eigenvalue weighted by Gasteiger charge is -2.24. The quantitative estimate of drug-likeness (QED) is 0.216. The summed E-state index contributed by atoms with van der Waals surface area (Å²) >= 11 is 0. The van der Waals surface area contributed by atoms with Crippen LogP contribution in [0.5, 0.6) is 0 Å². The fourth-order valence-corrected chi connectivity index (χ4v) is 4.07. The zero-order valence-electron chi connectivity index (χ0n) is 19.4. The molecule has 1 heterocycles. The Bertz CT molecular complexity index is 440. The molecule has 3 nitrogen and oxygen atoms in total. The van der Waals surface area contributed by atoms with Crippen LogP contribution in [0.1, 0.15) is 118 Å². The van der Waals surface area contributed by atoms with E-state index < -0.39 is 0 Å². The highest BCUT2D eigenvalue weighted by Crippen LogP contribution is 2.23. The molecule has 0 fully saturated rings. The van der Waals surface area contributed by atoms with Gasteiger partial charge in [-0.05, 0) is 52.9 Å². The smallest absolute Gasteiger partial charge is 0.0998 e. The third-order valence-electron chi connectivity index (χ3n) is 5.52. The van der Waals surface area contributed by atoms with Crippen LogP contribution in [0.3, 0.4) is 0 Å². The topological polar surface area (TPSA) is 35.8 Å². The lowest BCUT2D eigenvalue weighted by Crippen LogP contribution is -2.37. The number of amidine groups is 1. The first-order valence-corrected chi connectivity index (χ1v) is 12.1. The monoisotopic (exact) mass is 392 g/mol. The summed E-state index contributed by atoms with van der Waals surface area (Å²) in [7, 11) is 0. The van der Waals surface area contributed by atoms with Crippen LogP contribution in [-0.2, 0) is 0 Å². The Hall–Kier alpha value is -0.830. The van der Waals surface area contributed by atoms with Gasteiger partial charge in [0.1, 0.15) is 0 Å². The lowest BCUT2D eigenvalue weighted by atomic mass is 10.1. The normalized spacial score (nSPS) is 17.5. The van der Waals surface area contributed by atoms with Gasteiger partial charge < -0.3 is 10.0 Å². The molecule has 1 rings (SSSR count). The number of aliphatic imine (C=N–C) groups is 1. The van der Waals surface area contributed by atoms with E-state index in [1.54, 1.807) is 0 Å². The summed E-state index contributed by atoms with van der Waals surface area (Å²) in [6.07, 6.45) is 23.0. The average molecular weight is 393 g/mol. The highest BCUT2D eigenvalue weighted by molar-refractivity contribution is 5.84. The third kappa shape index (κ3) is 12.6. The van der Waals surface area contributed by atoms with E-state index in [0.717, 1.165) is 13.0 Å². The maximum absolute atomic E-state index is 9.70. The van der Waals surface area contributed by atoms with Crippen molar-refractivity contribution in [1.29, 1.82) is 0 Å². The first kappa shape index (κ1) is 25.2. The Morgan fingerprint density at radius 1 is 0.929 bits per heavy atom. The molecule has 0 saturated carbocycles. The van der Waals surface area contributed by atoms with Gasteiger partial charge in [-0.1, -0.05) is 70.4 Å². The molecule has 0 aromatic rings. The van der Waals surface area contributed by atoms with Crippen molar-refractivity contribution < 1.29 is 5.11 Å². The largest absolute Gasteiger partial charge is 0.392 e. The van der Waals surface area contributed by atoms with Crippen LogP contribution in [0.2, 0.25) is 0 Å². The van der Waals surface area contributed by atoms with Crippen LogP contribution >= 0.6 is 0 Å². The second-order valence-corrected chi connectivity index (χ2v) is 9.40. The molecule has 3 heteroatoms. The van der Waals surface area contributed by atoms with E-state index in [0.29, 0.717) is 6.54 Å². The number of hydrogen-bond donors (Lipinski definition) is 1. The Kier molecular flexibility index (Phi) is 13.6. The predicted octanol–water partition coefficient (Wildman–Crippen LogP) is 6.90. The minimum Gasteiger partial charge on any atom is -0.392 e. The number of aliphatic hydroxyl groups excluding tert-OH is 1. The van der Waals surface area contributed by atoms with Crippen molar-refractivity contribution in [3.05, 3.63) is 12.2 Å². The van der Waals surface area contributed by atoms with E-state index in [4.69, 9.17) is 4.99 Å². The van der Waals surface area contributed by atoms with Crippen molar-refractivity contribution in [2.45, 2.75) is 129 Å². The molecule has 0 saturated heterocycles. The van der Waals surface area contributed by atoms with E-state index in [-0.39, 0.29) is 11.6 Å². The van der Waals surface area contributed by atoms with Crippen LogP contribution in [0.25, 0.3) is 0 Å². The molecular weight excluding hydrogens is 344 g/mol. The number of rotatable bonds is 17. The van der Waals surface area contributed by atoms with Gasteiger partial charge in [-0.15, -0.1) is 0 Å². The molecular formula is C25H48N2O. The molecule has 0 aromatic carbocycles. The second-order valence-electron chi connectivity index (χ2n) is 9.40. The third-order valence-corrected chi connectivity index (χ3v) is 5.52. The van der Waals surface area contributed by atoms with Crippen molar-refractivity contribution in [2.24, 2.45) is 4.99 Å². The zero-order valence-corrected chi connectivity index (χ0v) is 19.4. The molecule has 0 amide bonds. The summed E-state index contributed by atoms with van der Waals surface area (Å²) in [5, 5.41) is 9.70. The van der Waals surface area contributed by atoms with Crippen molar-refractivity contribution in [3.63, 3.8) is 0 Å². The Morgan fingerprint density at radius 3 is 2.04 bits per heavy atom. The van der Waals surface area contributed by atoms with E-state index in [1.807, 2.05) is 6.92 Å².